The number of ether oxygens (including phenoxy) is 1. The summed E-state index contributed by atoms with van der Waals surface area (Å²) in [4.78, 5) is 30.6. The van der Waals surface area contributed by atoms with E-state index in [1.54, 1.807) is 16.7 Å². The first-order chi connectivity index (χ1) is 13.2. The number of nitrogens with one attached hydrogen (secondary N) is 1. The van der Waals surface area contributed by atoms with Crippen molar-refractivity contribution in [3.8, 4) is 0 Å². The molecule has 0 bridgehead atoms. The number of pyridine rings is 1. The lowest BCUT2D eigenvalue weighted by Crippen LogP contribution is -2.48. The number of aryl methyl sites for hydroxylation is 1. The van der Waals surface area contributed by atoms with Gasteiger partial charge in [-0.2, -0.15) is 0 Å². The van der Waals surface area contributed by atoms with E-state index in [9.17, 15) is 9.59 Å². The van der Waals surface area contributed by atoms with E-state index in [1.807, 2.05) is 26.1 Å². The van der Waals surface area contributed by atoms with E-state index >= 15 is 0 Å². The molecular weight excluding hydrogens is 344 g/mol. The van der Waals surface area contributed by atoms with Crippen LogP contribution in [0.1, 0.15) is 39.5 Å². The van der Waals surface area contributed by atoms with Crippen molar-refractivity contribution in [2.24, 2.45) is 10.9 Å². The Morgan fingerprint density at radius 2 is 2.19 bits per heavy atom. The van der Waals surface area contributed by atoms with Crippen molar-refractivity contribution >= 4 is 11.9 Å². The molecular formula is C20H32N4O3. The van der Waals surface area contributed by atoms with E-state index in [1.165, 1.54) is 0 Å². The molecule has 0 spiro atoms. The largest absolute Gasteiger partial charge is 0.466 e. The van der Waals surface area contributed by atoms with Gasteiger partial charge in [-0.1, -0.05) is 6.07 Å². The number of carbonyl (C=O) groups excluding carboxylic acids is 1. The van der Waals surface area contributed by atoms with E-state index in [0.717, 1.165) is 44.7 Å². The smallest absolute Gasteiger partial charge is 0.310 e. The number of likely N-dealkylation sites (tertiary alicyclic amines) is 1. The molecule has 7 nitrogen and oxygen atoms in total. The minimum Gasteiger partial charge on any atom is -0.466 e. The fourth-order valence-electron chi connectivity index (χ4n) is 3.27. The van der Waals surface area contributed by atoms with Gasteiger partial charge < -0.3 is 19.5 Å². The first kappa shape index (κ1) is 21.0. The third kappa shape index (κ3) is 6.73. The number of unbranched alkanes of at least 4 members (excludes halogenated alkanes) is 1. The number of hydrogen-bond donors (Lipinski definition) is 1. The lowest BCUT2D eigenvalue weighted by atomic mass is 9.98. The molecule has 1 unspecified atom stereocenters. The Morgan fingerprint density at radius 3 is 2.93 bits per heavy atom. The van der Waals surface area contributed by atoms with Crippen LogP contribution in [0.3, 0.4) is 0 Å². The minimum absolute atomic E-state index is 0.0349. The number of aromatic nitrogens is 1. The number of carbonyl (C=O) groups is 1. The van der Waals surface area contributed by atoms with Crippen LogP contribution >= 0.6 is 0 Å². The van der Waals surface area contributed by atoms with E-state index in [2.05, 4.69) is 10.2 Å². The lowest BCUT2D eigenvalue weighted by Gasteiger charge is -2.34. The molecule has 1 saturated heterocycles. The Hall–Kier alpha value is -2.31. The fraction of sp³-hybridized carbons (Fsp3) is 0.650. The highest BCUT2D eigenvalue weighted by molar-refractivity contribution is 5.81. The zero-order valence-corrected chi connectivity index (χ0v) is 16.5. The Labute approximate surface area is 161 Å². The molecule has 0 radical (unpaired) electrons. The Balaban J connectivity index is 1.85. The molecule has 0 saturated carbocycles. The third-order valence-electron chi connectivity index (χ3n) is 4.64. The summed E-state index contributed by atoms with van der Waals surface area (Å²) in [7, 11) is 0. The van der Waals surface area contributed by atoms with Crippen LogP contribution in [0.15, 0.2) is 34.2 Å². The molecule has 2 rings (SSSR count). The predicted molar refractivity (Wildman–Crippen MR) is 107 cm³/mol. The number of esters is 1. The standard InChI is InChI=1S/C20H32N4O3/c1-3-21-20(24-15-9-10-17(16-24)19(26)27-4-2)22-12-6-8-14-23-13-7-5-11-18(23)25/h5,7,11,13,17H,3-4,6,8-10,12,14-16H2,1-2H3,(H,21,22). The Morgan fingerprint density at radius 1 is 1.33 bits per heavy atom. The zero-order valence-electron chi connectivity index (χ0n) is 16.5. The zero-order chi connectivity index (χ0) is 19.5. The molecule has 1 aromatic heterocycles. The van der Waals surface area contributed by atoms with Crippen LogP contribution in [-0.4, -0.2) is 54.2 Å². The summed E-state index contributed by atoms with van der Waals surface area (Å²) in [5.41, 5.74) is 0.0349. The Kier molecular flexibility index (Phi) is 8.87. The number of guanidine groups is 1. The van der Waals surface area contributed by atoms with Gasteiger partial charge in [-0.15, -0.1) is 0 Å². The molecule has 1 aromatic rings. The normalized spacial score (nSPS) is 17.6. The molecule has 2 heterocycles. The van der Waals surface area contributed by atoms with Crippen molar-refractivity contribution in [1.82, 2.24) is 14.8 Å². The molecule has 0 aliphatic carbocycles. The van der Waals surface area contributed by atoms with E-state index in [-0.39, 0.29) is 17.4 Å². The maximum atomic E-state index is 12.0. The molecule has 1 aliphatic rings. The van der Waals surface area contributed by atoms with Crippen LogP contribution in [0.2, 0.25) is 0 Å². The van der Waals surface area contributed by atoms with Crippen molar-refractivity contribution in [2.45, 2.75) is 46.1 Å². The minimum atomic E-state index is -0.105. The second-order valence-corrected chi connectivity index (χ2v) is 6.71. The van der Waals surface area contributed by atoms with Crippen molar-refractivity contribution in [2.75, 3.05) is 32.8 Å². The molecule has 1 atom stereocenters. The van der Waals surface area contributed by atoms with Crippen LogP contribution in [0, 0.1) is 5.92 Å². The van der Waals surface area contributed by atoms with Gasteiger partial charge in [-0.25, -0.2) is 0 Å². The monoisotopic (exact) mass is 376 g/mol. The molecule has 150 valence electrons. The number of nitrogens with zero attached hydrogens (tertiary/aromatic N) is 3. The average molecular weight is 377 g/mol. The van der Waals surface area contributed by atoms with Crippen molar-refractivity contribution in [1.29, 1.82) is 0 Å². The summed E-state index contributed by atoms with van der Waals surface area (Å²) in [6.45, 7) is 8.07. The molecule has 1 aliphatic heterocycles. The highest BCUT2D eigenvalue weighted by Crippen LogP contribution is 2.18. The second kappa shape index (κ2) is 11.4. The van der Waals surface area contributed by atoms with E-state index < -0.39 is 0 Å². The molecule has 7 heteroatoms. The fourth-order valence-corrected chi connectivity index (χ4v) is 3.27. The van der Waals surface area contributed by atoms with Crippen molar-refractivity contribution < 1.29 is 9.53 Å². The van der Waals surface area contributed by atoms with Gasteiger partial charge in [0.25, 0.3) is 0 Å². The van der Waals surface area contributed by atoms with Gasteiger partial charge in [0, 0.05) is 45.0 Å². The summed E-state index contributed by atoms with van der Waals surface area (Å²) in [5, 5.41) is 3.33. The molecule has 1 N–H and O–H groups in total. The topological polar surface area (TPSA) is 75.9 Å². The number of hydrogen-bond acceptors (Lipinski definition) is 4. The van der Waals surface area contributed by atoms with Gasteiger partial charge in [0.2, 0.25) is 5.56 Å². The maximum Gasteiger partial charge on any atom is 0.310 e. The van der Waals surface area contributed by atoms with Crippen LogP contribution < -0.4 is 10.9 Å². The first-order valence-electron chi connectivity index (χ1n) is 10.0. The van der Waals surface area contributed by atoms with Crippen LogP contribution in [0.5, 0.6) is 0 Å². The maximum absolute atomic E-state index is 12.0. The van der Waals surface area contributed by atoms with E-state index in [4.69, 9.17) is 9.73 Å². The highest BCUT2D eigenvalue weighted by atomic mass is 16.5. The summed E-state index contributed by atoms with van der Waals surface area (Å²) >= 11 is 0. The van der Waals surface area contributed by atoms with Gasteiger partial charge in [-0.3, -0.25) is 14.6 Å². The van der Waals surface area contributed by atoms with Crippen molar-refractivity contribution in [3.63, 3.8) is 0 Å². The summed E-state index contributed by atoms with van der Waals surface area (Å²) in [6.07, 6.45) is 5.47. The lowest BCUT2D eigenvalue weighted by molar-refractivity contribution is -0.149. The third-order valence-corrected chi connectivity index (χ3v) is 4.64. The SMILES string of the molecule is CCNC(=NCCCCn1ccccc1=O)N1CCCC(C(=O)OCC)C1. The van der Waals surface area contributed by atoms with E-state index in [0.29, 0.717) is 26.2 Å². The average Bonchev–Trinajstić information content (AvgIpc) is 2.68. The number of aliphatic imine (C=N–C) groups is 1. The predicted octanol–water partition coefficient (Wildman–Crippen LogP) is 1.87. The number of piperidine rings is 1. The van der Waals surface area contributed by atoms with Gasteiger partial charge >= 0.3 is 5.97 Å². The van der Waals surface area contributed by atoms with Crippen molar-refractivity contribution in [3.05, 3.63) is 34.7 Å². The molecule has 0 amide bonds. The van der Waals surface area contributed by atoms with Crippen LogP contribution in [-0.2, 0) is 16.1 Å². The summed E-state index contributed by atoms with van der Waals surface area (Å²) in [5.74, 6) is 0.683. The summed E-state index contributed by atoms with van der Waals surface area (Å²) in [6, 6.07) is 5.21. The highest BCUT2D eigenvalue weighted by Gasteiger charge is 2.28. The quantitative estimate of drug-likeness (QED) is 0.324. The van der Waals surface area contributed by atoms with Crippen LogP contribution in [0.4, 0.5) is 0 Å². The van der Waals surface area contributed by atoms with Gasteiger partial charge in [0.05, 0.1) is 12.5 Å². The second-order valence-electron chi connectivity index (χ2n) is 6.71. The number of rotatable bonds is 8. The molecule has 1 fully saturated rings. The Bertz CT molecular complexity index is 671. The molecule has 27 heavy (non-hydrogen) atoms. The van der Waals surface area contributed by atoms with Gasteiger partial charge in [-0.05, 0) is 45.6 Å². The van der Waals surface area contributed by atoms with Crippen LogP contribution in [0.25, 0.3) is 0 Å². The molecule has 0 aromatic carbocycles. The first-order valence-corrected chi connectivity index (χ1v) is 10.0. The van der Waals surface area contributed by atoms with Gasteiger partial charge in [0.15, 0.2) is 5.96 Å². The van der Waals surface area contributed by atoms with Gasteiger partial charge in [0.1, 0.15) is 0 Å². The summed E-state index contributed by atoms with van der Waals surface area (Å²) < 4.78 is 6.91.